The molecule has 0 aliphatic rings. The number of hydrogen-bond acceptors (Lipinski definition) is 2. The number of anilines is 1. The molecule has 0 saturated heterocycles. The Hall–Kier alpha value is -1.82. The Morgan fingerprint density at radius 1 is 1.45 bits per heavy atom. The van der Waals surface area contributed by atoms with Gasteiger partial charge in [-0.05, 0) is 31.5 Å². The highest BCUT2D eigenvalue weighted by Crippen LogP contribution is 2.21. The second kappa shape index (κ2) is 6.56. The third-order valence-corrected chi connectivity index (χ3v) is 3.40. The van der Waals surface area contributed by atoms with Crippen LogP contribution in [0.15, 0.2) is 18.2 Å². The topological polar surface area (TPSA) is 78.4 Å². The van der Waals surface area contributed by atoms with Crippen molar-refractivity contribution in [3.8, 4) is 0 Å². The molecule has 1 unspecified atom stereocenters. The van der Waals surface area contributed by atoms with E-state index in [1.54, 1.807) is 13.8 Å². The number of aliphatic carboxylic acids is 1. The number of rotatable bonds is 5. The fourth-order valence-electron chi connectivity index (χ4n) is 1.38. The third-order valence-electron chi connectivity index (χ3n) is 3.11. The minimum absolute atomic E-state index is 0.0143. The van der Waals surface area contributed by atoms with Gasteiger partial charge in [0.1, 0.15) is 5.82 Å². The second-order valence-electron chi connectivity index (χ2n) is 4.66. The van der Waals surface area contributed by atoms with Gasteiger partial charge in [0.05, 0.1) is 10.4 Å². The van der Waals surface area contributed by atoms with Crippen molar-refractivity contribution >= 4 is 29.3 Å². The number of carboxylic acid groups (broad SMARTS) is 1. The number of hydrogen-bond donors (Lipinski definition) is 3. The Bertz CT molecular complexity index is 524. The van der Waals surface area contributed by atoms with Crippen LogP contribution in [0.5, 0.6) is 0 Å². The van der Waals surface area contributed by atoms with Crippen molar-refractivity contribution in [2.75, 3.05) is 11.9 Å². The Balaban J connectivity index is 2.60. The number of halogens is 2. The monoisotopic (exact) mass is 302 g/mol. The van der Waals surface area contributed by atoms with Crippen molar-refractivity contribution < 1.29 is 19.1 Å². The normalized spacial score (nSPS) is 13.4. The quantitative estimate of drug-likeness (QED) is 0.782. The van der Waals surface area contributed by atoms with Gasteiger partial charge >= 0.3 is 12.0 Å². The molecule has 5 nitrogen and oxygen atoms in total. The molecule has 110 valence electrons. The molecule has 0 spiro atoms. The van der Waals surface area contributed by atoms with Crippen LogP contribution in [0.25, 0.3) is 0 Å². The average molecular weight is 303 g/mol. The van der Waals surface area contributed by atoms with E-state index in [9.17, 15) is 14.0 Å². The maximum atomic E-state index is 12.9. The fourth-order valence-corrected chi connectivity index (χ4v) is 1.56. The molecule has 0 saturated carbocycles. The molecule has 1 rings (SSSR count). The predicted octanol–water partition coefficient (Wildman–Crippen LogP) is 3.10. The van der Waals surface area contributed by atoms with Crippen LogP contribution in [0.3, 0.4) is 0 Å². The summed E-state index contributed by atoms with van der Waals surface area (Å²) in [5.41, 5.74) is -0.708. The molecule has 20 heavy (non-hydrogen) atoms. The average Bonchev–Trinajstić information content (AvgIpc) is 2.40. The maximum Gasteiger partial charge on any atom is 0.319 e. The molecule has 1 aromatic carbocycles. The van der Waals surface area contributed by atoms with Crippen LogP contribution in [0.2, 0.25) is 5.02 Å². The van der Waals surface area contributed by atoms with Gasteiger partial charge in [0.15, 0.2) is 0 Å². The standard InChI is InChI=1S/C13H16ClFN2O3/c1-3-13(2,11(18)19)7-16-12(20)17-8-4-5-10(15)9(14)6-8/h4-6H,3,7H2,1-2H3,(H,18,19)(H2,16,17,20). The first-order chi connectivity index (χ1) is 9.28. The predicted molar refractivity (Wildman–Crippen MR) is 74.5 cm³/mol. The molecular weight excluding hydrogens is 287 g/mol. The van der Waals surface area contributed by atoms with Crippen LogP contribution in [0.1, 0.15) is 20.3 Å². The summed E-state index contributed by atoms with van der Waals surface area (Å²) in [6, 6.07) is 3.18. The van der Waals surface area contributed by atoms with Crippen molar-refractivity contribution in [1.29, 1.82) is 0 Å². The lowest BCUT2D eigenvalue weighted by atomic mass is 9.88. The number of benzene rings is 1. The van der Waals surface area contributed by atoms with Crippen molar-refractivity contribution in [2.45, 2.75) is 20.3 Å². The molecule has 2 amide bonds. The van der Waals surface area contributed by atoms with Crippen LogP contribution in [-0.2, 0) is 4.79 Å². The summed E-state index contributed by atoms with van der Waals surface area (Å²) in [5.74, 6) is -1.56. The third kappa shape index (κ3) is 4.09. The van der Waals surface area contributed by atoms with Crippen molar-refractivity contribution in [1.82, 2.24) is 5.32 Å². The van der Waals surface area contributed by atoms with E-state index in [1.807, 2.05) is 0 Å². The highest BCUT2D eigenvalue weighted by atomic mass is 35.5. The molecule has 0 aromatic heterocycles. The first kappa shape index (κ1) is 16.2. The Kier molecular flexibility index (Phi) is 5.33. The molecule has 0 heterocycles. The summed E-state index contributed by atoms with van der Waals surface area (Å²) in [5, 5.41) is 13.9. The van der Waals surface area contributed by atoms with E-state index in [-0.39, 0.29) is 11.6 Å². The van der Waals surface area contributed by atoms with Gasteiger partial charge in [-0.15, -0.1) is 0 Å². The lowest BCUT2D eigenvalue weighted by Gasteiger charge is -2.23. The number of urea groups is 1. The Labute approximate surface area is 121 Å². The smallest absolute Gasteiger partial charge is 0.319 e. The number of nitrogens with one attached hydrogen (secondary N) is 2. The molecule has 0 radical (unpaired) electrons. The van der Waals surface area contributed by atoms with Gasteiger partial charge in [0.2, 0.25) is 0 Å². The molecule has 0 aliphatic carbocycles. The molecular formula is C13H16ClFN2O3. The molecule has 0 bridgehead atoms. The zero-order chi connectivity index (χ0) is 15.3. The van der Waals surface area contributed by atoms with Crippen LogP contribution in [0, 0.1) is 11.2 Å². The van der Waals surface area contributed by atoms with E-state index >= 15 is 0 Å². The van der Waals surface area contributed by atoms with Gasteiger partial charge in [-0.25, -0.2) is 9.18 Å². The first-order valence-electron chi connectivity index (χ1n) is 6.02. The Morgan fingerprint density at radius 3 is 2.60 bits per heavy atom. The lowest BCUT2D eigenvalue weighted by Crippen LogP contribution is -2.42. The largest absolute Gasteiger partial charge is 0.481 e. The Morgan fingerprint density at radius 2 is 2.10 bits per heavy atom. The molecule has 0 aliphatic heterocycles. The van der Waals surface area contributed by atoms with Crippen molar-refractivity contribution in [3.63, 3.8) is 0 Å². The summed E-state index contributed by atoms with van der Waals surface area (Å²) in [6.07, 6.45) is 0.380. The van der Waals surface area contributed by atoms with Crippen molar-refractivity contribution in [3.05, 3.63) is 29.0 Å². The molecule has 7 heteroatoms. The van der Waals surface area contributed by atoms with E-state index < -0.39 is 23.2 Å². The first-order valence-corrected chi connectivity index (χ1v) is 6.39. The van der Waals surface area contributed by atoms with E-state index in [0.717, 1.165) is 6.07 Å². The van der Waals surface area contributed by atoms with E-state index in [0.29, 0.717) is 12.1 Å². The lowest BCUT2D eigenvalue weighted by molar-refractivity contribution is -0.147. The van der Waals surface area contributed by atoms with Crippen LogP contribution in [-0.4, -0.2) is 23.7 Å². The summed E-state index contributed by atoms with van der Waals surface area (Å²) in [7, 11) is 0. The van der Waals surface area contributed by atoms with Crippen molar-refractivity contribution in [2.24, 2.45) is 5.41 Å². The van der Waals surface area contributed by atoms with Gasteiger partial charge in [0, 0.05) is 12.2 Å². The minimum atomic E-state index is -1.03. The van der Waals surface area contributed by atoms with Crippen LogP contribution < -0.4 is 10.6 Å². The summed E-state index contributed by atoms with van der Waals surface area (Å²) in [6.45, 7) is 3.26. The fraction of sp³-hybridized carbons (Fsp3) is 0.385. The summed E-state index contributed by atoms with van der Waals surface area (Å²) in [4.78, 5) is 22.7. The molecule has 0 fully saturated rings. The molecule has 1 atom stereocenters. The second-order valence-corrected chi connectivity index (χ2v) is 5.06. The van der Waals surface area contributed by atoms with Crippen LogP contribution in [0.4, 0.5) is 14.9 Å². The SMILES string of the molecule is CCC(C)(CNC(=O)Nc1ccc(F)c(Cl)c1)C(=O)O. The zero-order valence-electron chi connectivity index (χ0n) is 11.2. The van der Waals surface area contributed by atoms with Gasteiger partial charge in [-0.2, -0.15) is 0 Å². The number of carboxylic acids is 1. The number of carbonyl (C=O) groups is 2. The van der Waals surface area contributed by atoms with Crippen LogP contribution >= 0.6 is 11.6 Å². The van der Waals surface area contributed by atoms with Gasteiger partial charge in [-0.1, -0.05) is 18.5 Å². The van der Waals surface area contributed by atoms with E-state index in [1.165, 1.54) is 12.1 Å². The molecule has 3 N–H and O–H groups in total. The zero-order valence-corrected chi connectivity index (χ0v) is 11.9. The van der Waals surface area contributed by atoms with E-state index in [2.05, 4.69) is 10.6 Å². The number of carbonyl (C=O) groups excluding carboxylic acids is 1. The highest BCUT2D eigenvalue weighted by molar-refractivity contribution is 6.31. The molecule has 1 aromatic rings. The summed E-state index contributed by atoms with van der Waals surface area (Å²) < 4.78 is 12.9. The number of amides is 2. The minimum Gasteiger partial charge on any atom is -0.481 e. The van der Waals surface area contributed by atoms with E-state index in [4.69, 9.17) is 16.7 Å². The highest BCUT2D eigenvalue weighted by Gasteiger charge is 2.31. The van der Waals surface area contributed by atoms with Gasteiger partial charge in [-0.3, -0.25) is 4.79 Å². The summed E-state index contributed by atoms with van der Waals surface area (Å²) >= 11 is 5.59. The van der Waals surface area contributed by atoms with Gasteiger partial charge < -0.3 is 15.7 Å². The van der Waals surface area contributed by atoms with Gasteiger partial charge in [0.25, 0.3) is 0 Å². The maximum absolute atomic E-state index is 12.9.